The first-order valence-electron chi connectivity index (χ1n) is 23.2. The van der Waals surface area contributed by atoms with Gasteiger partial charge in [-0.2, -0.15) is 0 Å². The molecule has 360 valence electrons. The maximum atomic E-state index is 14.4. The molecule has 0 spiro atoms. The molecule has 1 saturated heterocycles. The molecule has 0 aliphatic carbocycles. The summed E-state index contributed by atoms with van der Waals surface area (Å²) in [6.45, 7) is 15.8. The summed E-state index contributed by atoms with van der Waals surface area (Å²) in [5.74, 6) is -1.13. The standard InChI is InChI=1S/C48H84N6O9/c1-14-25-61-27-29-63-30-28-62-26-23-49-46(57)38(31-37-20-17-16-18-21-37)32-40(55)36(6)45(60-13)39-22-19-24-54(39)42(56)33-41(59-12)44(35(5)15-2)53(11)47(58)43(34(3)4)50-48(51(7)8)52(9)10/h16-18,20-21,34-36,38-39,41,43-45H,14-15,19,22-33H2,1-13H3,(H,49,57)/t35-,36-,38+,39-,41+,43-,44-,45+/m0/s1. The number of hydrogen-bond donors (Lipinski definition) is 1. The maximum absolute atomic E-state index is 14.4. The number of carbonyl (C=O) groups is 4. The van der Waals surface area contributed by atoms with Crippen LogP contribution in [-0.4, -0.2) is 182 Å². The minimum absolute atomic E-state index is 0.0170. The third kappa shape index (κ3) is 18.0. The second kappa shape index (κ2) is 29.7. The predicted molar refractivity (Wildman–Crippen MR) is 249 cm³/mol. The van der Waals surface area contributed by atoms with Crippen LogP contribution in [-0.2, 0) is 49.3 Å². The number of aliphatic imine (C=N–C) groups is 1. The van der Waals surface area contributed by atoms with Crippen molar-refractivity contribution in [3.63, 3.8) is 0 Å². The fourth-order valence-corrected chi connectivity index (χ4v) is 8.46. The molecule has 2 rings (SSSR count). The van der Waals surface area contributed by atoms with Gasteiger partial charge in [0.05, 0.1) is 63.7 Å². The van der Waals surface area contributed by atoms with E-state index < -0.39 is 36.1 Å². The van der Waals surface area contributed by atoms with Gasteiger partial charge >= 0.3 is 0 Å². The number of hydrogen-bond acceptors (Lipinski definition) is 10. The fraction of sp³-hybridized carbons (Fsp3) is 0.771. The number of nitrogens with zero attached hydrogens (tertiary/aromatic N) is 5. The van der Waals surface area contributed by atoms with Gasteiger partial charge < -0.3 is 48.6 Å². The zero-order valence-electron chi connectivity index (χ0n) is 41.1. The number of Topliss-reactive ketones (excluding diaryl/α,β-unsaturated/α-hetero) is 1. The van der Waals surface area contributed by atoms with E-state index in [-0.39, 0.29) is 54.2 Å². The van der Waals surface area contributed by atoms with Gasteiger partial charge in [0.1, 0.15) is 11.8 Å². The summed E-state index contributed by atoms with van der Waals surface area (Å²) >= 11 is 0. The van der Waals surface area contributed by atoms with Crippen molar-refractivity contribution >= 4 is 29.5 Å². The first-order valence-corrected chi connectivity index (χ1v) is 23.2. The highest BCUT2D eigenvalue weighted by Gasteiger charge is 2.43. The molecule has 1 N–H and O–H groups in total. The van der Waals surface area contributed by atoms with E-state index in [9.17, 15) is 19.2 Å². The van der Waals surface area contributed by atoms with Crippen molar-refractivity contribution in [3.05, 3.63) is 35.9 Å². The van der Waals surface area contributed by atoms with Gasteiger partial charge in [0.15, 0.2) is 5.96 Å². The number of nitrogens with one attached hydrogen (secondary N) is 1. The number of likely N-dealkylation sites (tertiary alicyclic amines) is 1. The Hall–Kier alpha value is -3.63. The summed E-state index contributed by atoms with van der Waals surface area (Å²) in [6.07, 6.45) is 2.47. The molecule has 0 saturated carbocycles. The van der Waals surface area contributed by atoms with Crippen LogP contribution in [0.4, 0.5) is 0 Å². The highest BCUT2D eigenvalue weighted by molar-refractivity contribution is 5.89. The topological polar surface area (TPSA) is 152 Å². The lowest BCUT2D eigenvalue weighted by Crippen LogP contribution is -2.55. The van der Waals surface area contributed by atoms with E-state index in [0.29, 0.717) is 71.5 Å². The Morgan fingerprint density at radius 2 is 1.43 bits per heavy atom. The molecule has 15 heteroatoms. The van der Waals surface area contributed by atoms with E-state index in [0.717, 1.165) is 24.8 Å². The first kappa shape index (κ1) is 55.5. The molecule has 1 aliphatic heterocycles. The highest BCUT2D eigenvalue weighted by Crippen LogP contribution is 2.31. The normalized spacial score (nSPS) is 17.3. The van der Waals surface area contributed by atoms with Crippen molar-refractivity contribution in [2.75, 3.05) is 102 Å². The lowest BCUT2D eigenvalue weighted by atomic mass is 9.85. The third-order valence-corrected chi connectivity index (χ3v) is 12.1. The summed E-state index contributed by atoms with van der Waals surface area (Å²) in [4.78, 5) is 68.8. The van der Waals surface area contributed by atoms with Crippen LogP contribution in [0.1, 0.15) is 85.6 Å². The molecule has 3 amide bonds. The van der Waals surface area contributed by atoms with Crippen molar-refractivity contribution in [2.45, 2.75) is 117 Å². The summed E-state index contributed by atoms with van der Waals surface area (Å²) in [6, 6.07) is 8.30. The number of guanidine groups is 1. The average Bonchev–Trinajstić information content (AvgIpc) is 3.74. The van der Waals surface area contributed by atoms with Crippen LogP contribution in [0.2, 0.25) is 0 Å². The van der Waals surface area contributed by atoms with E-state index in [1.807, 2.05) is 94.0 Å². The van der Waals surface area contributed by atoms with Gasteiger partial charge in [-0.1, -0.05) is 78.3 Å². The van der Waals surface area contributed by atoms with Crippen molar-refractivity contribution in [1.82, 2.24) is 24.9 Å². The van der Waals surface area contributed by atoms with Gasteiger partial charge in [0.25, 0.3) is 0 Å². The molecule has 1 aromatic carbocycles. The molecule has 0 unspecified atom stereocenters. The Morgan fingerprint density at radius 3 is 1.97 bits per heavy atom. The smallest absolute Gasteiger partial charge is 0.247 e. The lowest BCUT2D eigenvalue weighted by Gasteiger charge is -2.40. The van der Waals surface area contributed by atoms with Gasteiger partial charge in [-0.15, -0.1) is 0 Å². The predicted octanol–water partition coefficient (Wildman–Crippen LogP) is 4.80. The van der Waals surface area contributed by atoms with Crippen LogP contribution in [0.15, 0.2) is 35.3 Å². The minimum Gasteiger partial charge on any atom is -0.379 e. The number of likely N-dealkylation sites (N-methyl/N-ethyl adjacent to an activating group) is 1. The molecule has 0 aromatic heterocycles. The van der Waals surface area contributed by atoms with Gasteiger partial charge in [0.2, 0.25) is 17.7 Å². The van der Waals surface area contributed by atoms with Crippen molar-refractivity contribution in [3.8, 4) is 0 Å². The maximum Gasteiger partial charge on any atom is 0.247 e. The van der Waals surface area contributed by atoms with Gasteiger partial charge in [-0.25, -0.2) is 4.99 Å². The molecular weight excluding hydrogens is 805 g/mol. The quantitative estimate of drug-likeness (QED) is 0.0645. The van der Waals surface area contributed by atoms with E-state index in [1.54, 1.807) is 26.2 Å². The number of carbonyl (C=O) groups excluding carboxylic acids is 4. The Labute approximate surface area is 379 Å². The second-order valence-electron chi connectivity index (χ2n) is 17.7. The van der Waals surface area contributed by atoms with Crippen LogP contribution in [0.3, 0.4) is 0 Å². The van der Waals surface area contributed by atoms with Crippen LogP contribution in [0.5, 0.6) is 0 Å². The number of amides is 3. The molecule has 15 nitrogen and oxygen atoms in total. The van der Waals surface area contributed by atoms with E-state index >= 15 is 0 Å². The Bertz CT molecular complexity index is 1500. The zero-order chi connectivity index (χ0) is 47.1. The van der Waals surface area contributed by atoms with Gasteiger partial charge in [-0.3, -0.25) is 19.2 Å². The Morgan fingerprint density at radius 1 is 0.825 bits per heavy atom. The minimum atomic E-state index is -0.636. The average molecular weight is 889 g/mol. The largest absolute Gasteiger partial charge is 0.379 e. The summed E-state index contributed by atoms with van der Waals surface area (Å²) in [5, 5.41) is 2.97. The van der Waals surface area contributed by atoms with Gasteiger partial charge in [0, 0.05) is 87.4 Å². The molecule has 8 atom stereocenters. The highest BCUT2D eigenvalue weighted by atomic mass is 16.5. The molecule has 1 heterocycles. The summed E-state index contributed by atoms with van der Waals surface area (Å²) in [7, 11) is 12.6. The molecule has 63 heavy (non-hydrogen) atoms. The lowest BCUT2D eigenvalue weighted by molar-refractivity contribution is -0.146. The molecule has 1 fully saturated rings. The number of ether oxygens (including phenoxy) is 5. The molecule has 0 radical (unpaired) electrons. The monoisotopic (exact) mass is 889 g/mol. The molecule has 0 bridgehead atoms. The second-order valence-corrected chi connectivity index (χ2v) is 17.7. The number of ketones is 1. The van der Waals surface area contributed by atoms with Crippen LogP contribution in [0, 0.1) is 23.7 Å². The van der Waals surface area contributed by atoms with Crippen LogP contribution >= 0.6 is 0 Å². The molecule has 1 aromatic rings. The third-order valence-electron chi connectivity index (χ3n) is 12.1. The van der Waals surface area contributed by atoms with Crippen molar-refractivity contribution in [1.29, 1.82) is 0 Å². The molecule has 1 aliphatic rings. The zero-order valence-corrected chi connectivity index (χ0v) is 41.1. The Balaban J connectivity index is 2.20. The van der Waals surface area contributed by atoms with E-state index in [1.165, 1.54) is 0 Å². The molecular formula is C48H84N6O9. The van der Waals surface area contributed by atoms with Crippen LogP contribution in [0.25, 0.3) is 0 Å². The van der Waals surface area contributed by atoms with E-state index in [2.05, 4.69) is 26.1 Å². The van der Waals surface area contributed by atoms with Crippen molar-refractivity contribution < 1.29 is 42.9 Å². The van der Waals surface area contributed by atoms with E-state index in [4.69, 9.17) is 28.7 Å². The Kier molecular flexibility index (Phi) is 26.2. The van der Waals surface area contributed by atoms with Crippen LogP contribution < -0.4 is 5.32 Å². The SMILES string of the molecule is CCCOCCOCCOCCNC(=O)[C@@H](CC(=O)[C@H](C)[C@@H](OC)[C@@H]1CCCN1C(=O)C[C@@H](OC)[C@H]([C@@H](C)CC)N(C)C(=O)[C@@H](N=C(N(C)C)N(C)C)C(C)C)Cc1ccccc1. The van der Waals surface area contributed by atoms with Gasteiger partial charge in [-0.05, 0) is 43.1 Å². The number of methoxy groups -OCH3 is 2. The number of benzene rings is 1. The van der Waals surface area contributed by atoms with Crippen molar-refractivity contribution in [2.24, 2.45) is 28.7 Å². The summed E-state index contributed by atoms with van der Waals surface area (Å²) < 4.78 is 28.8. The summed E-state index contributed by atoms with van der Waals surface area (Å²) in [5.41, 5.74) is 0.959. The first-order chi connectivity index (χ1) is 30.0. The number of rotatable bonds is 30. The fourth-order valence-electron chi connectivity index (χ4n) is 8.46.